The molecule has 3 aromatic heterocycles. The zero-order valence-corrected chi connectivity index (χ0v) is 19.2. The average molecular weight is 483 g/mol. The molecule has 0 amide bonds. The molecule has 1 aromatic carbocycles. The summed E-state index contributed by atoms with van der Waals surface area (Å²) >= 11 is 0. The maximum atomic E-state index is 14.8. The molecule has 2 aliphatic heterocycles. The molecule has 6 rings (SSSR count). The third kappa shape index (κ3) is 3.76. The summed E-state index contributed by atoms with van der Waals surface area (Å²) < 4.78 is 48.6. The van der Waals surface area contributed by atoms with E-state index in [1.54, 1.807) is 19.3 Å². The summed E-state index contributed by atoms with van der Waals surface area (Å²) in [5.74, 6) is 0.905. The van der Waals surface area contributed by atoms with E-state index in [0.717, 1.165) is 61.9 Å². The summed E-state index contributed by atoms with van der Waals surface area (Å²) in [6.07, 6.45) is 4.49. The first-order chi connectivity index (χ1) is 16.9. The quantitative estimate of drug-likeness (QED) is 0.425. The van der Waals surface area contributed by atoms with E-state index < -0.39 is 23.8 Å². The van der Waals surface area contributed by atoms with Crippen molar-refractivity contribution in [1.29, 1.82) is 0 Å². The number of benzene rings is 1. The van der Waals surface area contributed by atoms with Gasteiger partial charge in [0.05, 0.1) is 23.3 Å². The van der Waals surface area contributed by atoms with Gasteiger partial charge in [0.1, 0.15) is 17.5 Å². The summed E-state index contributed by atoms with van der Waals surface area (Å²) in [7, 11) is 0. The largest absolute Gasteiger partial charge is 0.381 e. The lowest BCUT2D eigenvalue weighted by Gasteiger charge is -2.52. The van der Waals surface area contributed by atoms with E-state index in [2.05, 4.69) is 20.2 Å². The lowest BCUT2D eigenvalue weighted by atomic mass is 9.73. The van der Waals surface area contributed by atoms with Crippen molar-refractivity contribution in [2.75, 3.05) is 36.5 Å². The predicted molar refractivity (Wildman–Crippen MR) is 126 cm³/mol. The van der Waals surface area contributed by atoms with Gasteiger partial charge in [-0.05, 0) is 25.8 Å². The third-order valence-corrected chi connectivity index (χ3v) is 7.26. The van der Waals surface area contributed by atoms with Crippen LogP contribution in [0.25, 0.3) is 16.7 Å². The van der Waals surface area contributed by atoms with Crippen LogP contribution in [0.1, 0.15) is 43.4 Å². The predicted octanol–water partition coefficient (Wildman–Crippen LogP) is 5.14. The summed E-state index contributed by atoms with van der Waals surface area (Å²) in [5, 5.41) is 4.03. The molecule has 1 atom stereocenters. The second kappa shape index (κ2) is 8.37. The van der Waals surface area contributed by atoms with E-state index in [0.29, 0.717) is 17.0 Å². The Balaban J connectivity index is 1.36. The van der Waals surface area contributed by atoms with Gasteiger partial charge in [-0.15, -0.1) is 0 Å². The van der Waals surface area contributed by atoms with Crippen molar-refractivity contribution < 1.29 is 17.9 Å². The van der Waals surface area contributed by atoms with Crippen molar-refractivity contribution in [3.63, 3.8) is 0 Å². The van der Waals surface area contributed by atoms with Gasteiger partial charge < -0.3 is 15.0 Å². The molecular weight excluding hydrogens is 457 g/mol. The summed E-state index contributed by atoms with van der Waals surface area (Å²) in [5.41, 5.74) is 0.641. The molecule has 2 fully saturated rings. The number of aromatic nitrogens is 4. The smallest absolute Gasteiger partial charge is 0.266 e. The normalized spacial score (nSPS) is 18.4. The van der Waals surface area contributed by atoms with Crippen LogP contribution in [0.15, 0.2) is 42.9 Å². The van der Waals surface area contributed by atoms with Crippen molar-refractivity contribution in [2.24, 2.45) is 5.41 Å². The van der Waals surface area contributed by atoms with Crippen molar-refractivity contribution in [1.82, 2.24) is 19.4 Å². The Bertz CT molecular complexity index is 1390. The van der Waals surface area contributed by atoms with Gasteiger partial charge in [-0.25, -0.2) is 23.1 Å². The van der Waals surface area contributed by atoms with Gasteiger partial charge in [-0.3, -0.25) is 4.40 Å². The minimum absolute atomic E-state index is 0.152. The van der Waals surface area contributed by atoms with Crippen LogP contribution in [-0.2, 0) is 4.74 Å². The molecule has 2 aliphatic rings. The van der Waals surface area contributed by atoms with Gasteiger partial charge >= 0.3 is 0 Å². The Kier molecular flexibility index (Phi) is 5.28. The summed E-state index contributed by atoms with van der Waals surface area (Å²) in [6, 6.07) is 5.44. The zero-order valence-electron chi connectivity index (χ0n) is 19.2. The van der Waals surface area contributed by atoms with Gasteiger partial charge in [-0.1, -0.05) is 18.2 Å². The Labute approximate surface area is 200 Å². The number of ether oxygens (including phenoxy) is 1. The van der Waals surface area contributed by atoms with Crippen LogP contribution >= 0.6 is 0 Å². The topological polar surface area (TPSA) is 67.6 Å². The Morgan fingerprint density at radius 2 is 1.89 bits per heavy atom. The Hall–Kier alpha value is -3.40. The second-order valence-corrected chi connectivity index (χ2v) is 9.50. The molecule has 10 heteroatoms. The maximum Gasteiger partial charge on any atom is 0.266 e. The minimum Gasteiger partial charge on any atom is -0.381 e. The highest BCUT2D eigenvalue weighted by Crippen LogP contribution is 2.42. The van der Waals surface area contributed by atoms with Gasteiger partial charge in [0.25, 0.3) is 6.43 Å². The number of hydrogen-bond donors (Lipinski definition) is 1. The highest BCUT2D eigenvalue weighted by Gasteiger charge is 2.44. The van der Waals surface area contributed by atoms with Crippen LogP contribution in [0, 0.1) is 11.2 Å². The lowest BCUT2D eigenvalue weighted by molar-refractivity contribution is -0.000444. The molecule has 0 bridgehead atoms. The first kappa shape index (κ1) is 22.1. The average Bonchev–Trinajstić information content (AvgIpc) is 3.31. The monoisotopic (exact) mass is 482 g/mol. The fourth-order valence-corrected chi connectivity index (χ4v) is 5.23. The number of rotatable bonds is 5. The molecule has 4 aromatic rings. The van der Waals surface area contributed by atoms with E-state index in [9.17, 15) is 13.2 Å². The SMILES string of the molecule is CC(Nc1nc2nccn2c2cnc(N3CC4(CCOCC4)C3)cc12)c1cccc(C(F)F)c1F. The number of halogens is 3. The van der Waals surface area contributed by atoms with E-state index in [-0.39, 0.29) is 5.56 Å². The summed E-state index contributed by atoms with van der Waals surface area (Å²) in [4.78, 5) is 15.9. The first-order valence-electron chi connectivity index (χ1n) is 11.7. The number of hydrogen-bond acceptors (Lipinski definition) is 6. The van der Waals surface area contributed by atoms with Gasteiger partial charge in [0, 0.05) is 55.1 Å². The van der Waals surface area contributed by atoms with E-state index in [1.165, 1.54) is 12.1 Å². The summed E-state index contributed by atoms with van der Waals surface area (Å²) in [6.45, 7) is 5.19. The molecule has 0 radical (unpaired) electrons. The fourth-order valence-electron chi connectivity index (χ4n) is 5.23. The van der Waals surface area contributed by atoms with Crippen molar-refractivity contribution in [3.05, 3.63) is 59.8 Å². The molecule has 0 aliphatic carbocycles. The zero-order chi connectivity index (χ0) is 24.2. The van der Waals surface area contributed by atoms with Gasteiger partial charge in [-0.2, -0.15) is 4.98 Å². The van der Waals surface area contributed by atoms with Crippen molar-refractivity contribution in [2.45, 2.75) is 32.2 Å². The molecule has 1 N–H and O–H groups in total. The van der Waals surface area contributed by atoms with Crippen LogP contribution in [0.2, 0.25) is 0 Å². The molecular formula is C25H25F3N6O. The molecule has 35 heavy (non-hydrogen) atoms. The first-order valence-corrected chi connectivity index (χ1v) is 11.7. The lowest BCUT2D eigenvalue weighted by Crippen LogP contribution is -2.58. The highest BCUT2D eigenvalue weighted by molar-refractivity contribution is 5.92. The fraction of sp³-hybridized carbons (Fsp3) is 0.400. The molecule has 182 valence electrons. The number of pyridine rings is 1. The molecule has 7 nitrogen and oxygen atoms in total. The van der Waals surface area contributed by atoms with Crippen molar-refractivity contribution >= 4 is 28.3 Å². The van der Waals surface area contributed by atoms with E-state index >= 15 is 0 Å². The molecule has 1 spiro atoms. The molecule has 0 saturated carbocycles. The number of nitrogens with one attached hydrogen (secondary N) is 1. The molecule has 2 saturated heterocycles. The number of fused-ring (bicyclic) bond motifs is 3. The number of anilines is 2. The van der Waals surface area contributed by atoms with Crippen LogP contribution in [0.4, 0.5) is 24.8 Å². The van der Waals surface area contributed by atoms with Gasteiger partial charge in [0.2, 0.25) is 5.78 Å². The maximum absolute atomic E-state index is 14.8. The Morgan fingerprint density at radius 1 is 1.11 bits per heavy atom. The highest BCUT2D eigenvalue weighted by atomic mass is 19.3. The number of imidazole rings is 1. The Morgan fingerprint density at radius 3 is 2.66 bits per heavy atom. The van der Waals surface area contributed by atoms with Crippen LogP contribution in [0.5, 0.6) is 0 Å². The molecule has 1 unspecified atom stereocenters. The number of alkyl halides is 2. The van der Waals surface area contributed by atoms with Gasteiger partial charge in [0.15, 0.2) is 0 Å². The minimum atomic E-state index is -2.88. The standard InChI is InChI=1S/C25H25F3N6O/c1-15(16-3-2-4-17(21(16)26)22(27)28)31-23-18-11-20(33-13-25(14-33)5-9-35-10-6-25)30-12-19(18)34-8-7-29-24(34)32-23/h2-4,7-8,11-12,15,22H,5-6,9-10,13-14H2,1H3,(H,29,31,32). The van der Waals surface area contributed by atoms with E-state index in [1.807, 2.05) is 16.7 Å². The third-order valence-electron chi connectivity index (χ3n) is 7.26. The van der Waals surface area contributed by atoms with Crippen LogP contribution in [0.3, 0.4) is 0 Å². The van der Waals surface area contributed by atoms with Crippen molar-refractivity contribution in [3.8, 4) is 0 Å². The number of nitrogens with zero attached hydrogens (tertiary/aromatic N) is 5. The molecule has 5 heterocycles. The van der Waals surface area contributed by atoms with Crippen LogP contribution < -0.4 is 10.2 Å². The second-order valence-electron chi connectivity index (χ2n) is 9.50. The van der Waals surface area contributed by atoms with E-state index in [4.69, 9.17) is 9.72 Å². The van der Waals surface area contributed by atoms with Crippen LogP contribution in [-0.4, -0.2) is 45.7 Å².